The number of fused-ring (bicyclic) bond motifs is 1. The van der Waals surface area contributed by atoms with E-state index in [-0.39, 0.29) is 11.3 Å². The third-order valence-corrected chi connectivity index (χ3v) is 4.38. The number of nitro groups is 1. The molecule has 0 saturated heterocycles. The Hall–Kier alpha value is -2.52. The van der Waals surface area contributed by atoms with Gasteiger partial charge in [-0.05, 0) is 46.3 Å². The summed E-state index contributed by atoms with van der Waals surface area (Å²) in [5.41, 5.74) is -0.394. The number of benzene rings is 2. The van der Waals surface area contributed by atoms with E-state index in [2.05, 4.69) is 37.2 Å². The van der Waals surface area contributed by atoms with Crippen molar-refractivity contribution in [3.63, 3.8) is 0 Å². The molecule has 0 spiro atoms. The molecular weight excluding hydrogens is 460 g/mol. The highest BCUT2D eigenvalue weighted by molar-refractivity contribution is 9.11. The van der Waals surface area contributed by atoms with Crippen LogP contribution in [0.25, 0.3) is 11.0 Å². The Kier molecular flexibility index (Phi) is 4.69. The summed E-state index contributed by atoms with van der Waals surface area (Å²) in [4.78, 5) is 34.5. The number of hydrogen-bond donors (Lipinski definition) is 1. The third-order valence-electron chi connectivity index (χ3n) is 3.33. The maximum atomic E-state index is 12.3. The van der Waals surface area contributed by atoms with Gasteiger partial charge in [0, 0.05) is 27.7 Å². The number of hydrogen-bond acceptors (Lipinski definition) is 5. The van der Waals surface area contributed by atoms with Crippen molar-refractivity contribution in [2.45, 2.75) is 0 Å². The molecule has 3 aromatic rings. The van der Waals surface area contributed by atoms with Gasteiger partial charge in [0.05, 0.1) is 9.40 Å². The minimum Gasteiger partial charge on any atom is -0.421 e. The van der Waals surface area contributed by atoms with Crippen LogP contribution in [0.1, 0.15) is 10.4 Å². The monoisotopic (exact) mass is 466 g/mol. The molecule has 0 saturated carbocycles. The van der Waals surface area contributed by atoms with Crippen LogP contribution < -0.4 is 10.9 Å². The van der Waals surface area contributed by atoms with Crippen molar-refractivity contribution < 1.29 is 14.1 Å². The Balaban J connectivity index is 1.95. The molecule has 2 aromatic carbocycles. The van der Waals surface area contributed by atoms with Crippen LogP contribution in [0.2, 0.25) is 0 Å². The van der Waals surface area contributed by atoms with Gasteiger partial charge in [-0.1, -0.05) is 15.9 Å². The number of carbonyl (C=O) groups is 1. The van der Waals surface area contributed by atoms with Gasteiger partial charge in [-0.3, -0.25) is 14.9 Å². The first kappa shape index (κ1) is 17.3. The minimum atomic E-state index is -0.782. The van der Waals surface area contributed by atoms with Crippen LogP contribution >= 0.6 is 31.9 Å². The first-order valence-electron chi connectivity index (χ1n) is 6.84. The second-order valence-corrected chi connectivity index (χ2v) is 6.78. The zero-order chi connectivity index (χ0) is 18.1. The van der Waals surface area contributed by atoms with Gasteiger partial charge in [-0.25, -0.2) is 4.79 Å². The fourth-order valence-corrected chi connectivity index (χ4v) is 3.52. The van der Waals surface area contributed by atoms with Crippen molar-refractivity contribution in [3.05, 3.63) is 77.5 Å². The Bertz CT molecular complexity index is 1060. The maximum Gasteiger partial charge on any atom is 0.349 e. The van der Waals surface area contributed by atoms with Crippen molar-refractivity contribution >= 4 is 60.1 Å². The van der Waals surface area contributed by atoms with Crippen LogP contribution in [0.5, 0.6) is 0 Å². The van der Waals surface area contributed by atoms with E-state index in [1.165, 1.54) is 30.3 Å². The Morgan fingerprint density at radius 3 is 2.44 bits per heavy atom. The molecule has 0 aliphatic rings. The van der Waals surface area contributed by atoms with Gasteiger partial charge < -0.3 is 9.73 Å². The van der Waals surface area contributed by atoms with E-state index in [9.17, 15) is 19.7 Å². The predicted octanol–water partition coefficient (Wildman–Crippen LogP) is 4.48. The largest absolute Gasteiger partial charge is 0.421 e. The summed E-state index contributed by atoms with van der Waals surface area (Å²) < 4.78 is 6.55. The van der Waals surface area contributed by atoms with Crippen molar-refractivity contribution in [2.24, 2.45) is 0 Å². The Morgan fingerprint density at radius 2 is 1.80 bits per heavy atom. The molecule has 1 amide bonds. The lowest BCUT2D eigenvalue weighted by Gasteiger charge is -2.06. The highest BCUT2D eigenvalue weighted by atomic mass is 79.9. The normalized spacial score (nSPS) is 10.6. The fraction of sp³-hybridized carbons (Fsp3) is 0. The average molecular weight is 468 g/mol. The van der Waals surface area contributed by atoms with Crippen LogP contribution in [-0.4, -0.2) is 10.8 Å². The highest BCUT2D eigenvalue weighted by Crippen LogP contribution is 2.28. The quantitative estimate of drug-likeness (QED) is 0.347. The summed E-state index contributed by atoms with van der Waals surface area (Å²) in [6.45, 7) is 0. The number of amides is 1. The lowest BCUT2D eigenvalue weighted by atomic mass is 10.1. The van der Waals surface area contributed by atoms with E-state index in [1.807, 2.05) is 0 Å². The second-order valence-electron chi connectivity index (χ2n) is 5.01. The molecule has 0 atom stereocenters. The Morgan fingerprint density at radius 1 is 1.12 bits per heavy atom. The molecule has 3 rings (SSSR count). The minimum absolute atomic E-state index is 0.0991. The zero-order valence-corrected chi connectivity index (χ0v) is 15.5. The van der Waals surface area contributed by atoms with Crippen LogP contribution in [0.4, 0.5) is 11.4 Å². The molecule has 0 fully saturated rings. The number of non-ortho nitro benzene ring substituents is 1. The predicted molar refractivity (Wildman–Crippen MR) is 98.9 cm³/mol. The fourth-order valence-electron chi connectivity index (χ4n) is 2.18. The maximum absolute atomic E-state index is 12.3. The van der Waals surface area contributed by atoms with E-state index < -0.39 is 16.5 Å². The molecule has 0 aliphatic carbocycles. The van der Waals surface area contributed by atoms with Gasteiger partial charge >= 0.3 is 5.63 Å². The number of nitrogens with one attached hydrogen (secondary N) is 1. The van der Waals surface area contributed by atoms with Crippen molar-refractivity contribution in [3.8, 4) is 0 Å². The molecule has 9 heteroatoms. The van der Waals surface area contributed by atoms with Gasteiger partial charge in [-0.2, -0.15) is 0 Å². The molecule has 0 bridgehead atoms. The Labute approximate surface area is 157 Å². The summed E-state index contributed by atoms with van der Waals surface area (Å²) in [7, 11) is 0. The number of halogens is 2. The van der Waals surface area contributed by atoms with E-state index in [0.717, 1.165) is 4.47 Å². The summed E-state index contributed by atoms with van der Waals surface area (Å²) in [5, 5.41) is 13.7. The molecule has 1 aromatic heterocycles. The van der Waals surface area contributed by atoms with Gasteiger partial charge in [0.25, 0.3) is 11.6 Å². The van der Waals surface area contributed by atoms with Gasteiger partial charge in [0.2, 0.25) is 0 Å². The zero-order valence-electron chi connectivity index (χ0n) is 12.3. The first-order valence-corrected chi connectivity index (χ1v) is 8.42. The number of rotatable bonds is 3. The number of nitro benzene ring substituents is 1. The molecule has 1 N–H and O–H groups in total. The van der Waals surface area contributed by atoms with Crippen molar-refractivity contribution in [1.29, 1.82) is 0 Å². The first-order chi connectivity index (χ1) is 11.8. The van der Waals surface area contributed by atoms with Gasteiger partial charge in [-0.15, -0.1) is 0 Å². The van der Waals surface area contributed by atoms with Crippen LogP contribution in [-0.2, 0) is 0 Å². The molecule has 1 heterocycles. The van der Waals surface area contributed by atoms with Crippen LogP contribution in [0, 0.1) is 10.1 Å². The molecular formula is C16H8Br2N2O5. The van der Waals surface area contributed by atoms with E-state index in [0.29, 0.717) is 21.1 Å². The van der Waals surface area contributed by atoms with Crippen molar-refractivity contribution in [1.82, 2.24) is 0 Å². The molecule has 7 nitrogen and oxygen atoms in total. The van der Waals surface area contributed by atoms with Crippen LogP contribution in [0.3, 0.4) is 0 Å². The number of nitrogens with zero attached hydrogens (tertiary/aromatic N) is 1. The molecule has 25 heavy (non-hydrogen) atoms. The van der Waals surface area contributed by atoms with Crippen molar-refractivity contribution in [2.75, 3.05) is 5.32 Å². The third kappa shape index (κ3) is 3.62. The topological polar surface area (TPSA) is 102 Å². The number of anilines is 1. The molecule has 126 valence electrons. The smallest absolute Gasteiger partial charge is 0.349 e. The summed E-state index contributed by atoms with van der Waals surface area (Å²) in [5.74, 6) is -0.666. The standard InChI is InChI=1S/C16H8Br2N2O5/c17-9-5-8-6-12(16(22)25-14(8)13(18)7-9)15(21)19-10-1-3-11(4-2-10)20(23)24/h1-7H,(H,19,21). The summed E-state index contributed by atoms with van der Waals surface area (Å²) >= 11 is 6.63. The van der Waals surface area contributed by atoms with E-state index in [4.69, 9.17) is 4.42 Å². The highest BCUT2D eigenvalue weighted by Gasteiger charge is 2.16. The van der Waals surface area contributed by atoms with Crippen LogP contribution in [0.15, 0.2) is 60.6 Å². The van der Waals surface area contributed by atoms with E-state index in [1.54, 1.807) is 12.1 Å². The summed E-state index contributed by atoms with van der Waals surface area (Å²) in [6, 6.07) is 10.1. The summed E-state index contributed by atoms with van der Waals surface area (Å²) in [6.07, 6.45) is 0. The SMILES string of the molecule is O=C(Nc1ccc([N+](=O)[O-])cc1)c1cc2cc(Br)cc(Br)c2oc1=O. The number of carbonyl (C=O) groups excluding carboxylic acids is 1. The molecule has 0 radical (unpaired) electrons. The lowest BCUT2D eigenvalue weighted by molar-refractivity contribution is -0.384. The lowest BCUT2D eigenvalue weighted by Crippen LogP contribution is -2.20. The van der Waals surface area contributed by atoms with E-state index >= 15 is 0 Å². The second kappa shape index (κ2) is 6.77. The van der Waals surface area contributed by atoms with Gasteiger partial charge in [0.1, 0.15) is 5.56 Å². The molecule has 0 aliphatic heterocycles. The molecule has 0 unspecified atom stereocenters. The van der Waals surface area contributed by atoms with Gasteiger partial charge in [0.15, 0.2) is 5.58 Å². The average Bonchev–Trinajstić information content (AvgIpc) is 2.55.